The van der Waals surface area contributed by atoms with Crippen molar-refractivity contribution in [2.45, 2.75) is 13.8 Å². The average molecular weight is 480 g/mol. The topological polar surface area (TPSA) is 0 Å². The molecule has 0 aromatic rings. The van der Waals surface area contributed by atoms with Crippen LogP contribution in [0.2, 0.25) is 0 Å². The van der Waals surface area contributed by atoms with Gasteiger partial charge in [0.2, 0.25) is 0 Å². The Morgan fingerprint density at radius 1 is 1.00 bits per heavy atom. The maximum absolute atomic E-state index is 2.17. The number of hydrogen-bond donors (Lipinski definition) is 0. The van der Waals surface area contributed by atoms with E-state index in [0.717, 1.165) is 0 Å². The first-order valence-electron chi connectivity index (χ1n) is 1.99. The van der Waals surface area contributed by atoms with Crippen LogP contribution in [0.25, 0.3) is 0 Å². The zero-order chi connectivity index (χ0) is 4.12. The Bertz CT molecular complexity index is 17.2. The molecule has 0 rings (SSSR count). The molecule has 3 heteroatoms. The predicted molar refractivity (Wildman–Crippen MR) is 28.7 cm³/mol. The number of hydrogen-bond acceptors (Lipinski definition) is 1. The third-order valence-corrected chi connectivity index (χ3v) is 1.22. The number of thioether (sulfide) groups is 1. The molecule has 0 aliphatic rings. The van der Waals surface area contributed by atoms with Crippen LogP contribution >= 0.6 is 11.8 Å². The largest absolute Gasteiger partial charge is 0.163 e. The molecule has 0 saturated carbocycles. The Labute approximate surface area is 78.7 Å². The summed E-state index contributed by atoms with van der Waals surface area (Å²) in [6.45, 7) is 4.35. The van der Waals surface area contributed by atoms with E-state index < -0.39 is 0 Å². The van der Waals surface area contributed by atoms with Crippen molar-refractivity contribution in [3.63, 3.8) is 0 Å². The van der Waals surface area contributed by atoms with Gasteiger partial charge in [0.25, 0.3) is 0 Å². The summed E-state index contributed by atoms with van der Waals surface area (Å²) in [6, 6.07) is 0. The quantitative estimate of drug-likeness (QED) is 0.581. The molecule has 0 nitrogen and oxygen atoms in total. The van der Waals surface area contributed by atoms with Crippen molar-refractivity contribution >= 4 is 11.8 Å². The fourth-order valence-corrected chi connectivity index (χ4v) is 0.612. The molecule has 0 heterocycles. The van der Waals surface area contributed by atoms with Gasteiger partial charge in [-0.15, -0.1) is 0 Å². The third kappa shape index (κ3) is 18.2. The van der Waals surface area contributed by atoms with Crippen LogP contribution in [-0.4, -0.2) is 11.5 Å². The second-order valence-electron chi connectivity index (χ2n) is 0.781. The van der Waals surface area contributed by atoms with Gasteiger partial charge in [-0.2, -0.15) is 11.8 Å². The van der Waals surface area contributed by atoms with Crippen molar-refractivity contribution in [3.8, 4) is 0 Å². The van der Waals surface area contributed by atoms with Crippen LogP contribution in [0.3, 0.4) is 0 Å². The molecule has 0 fully saturated rings. The summed E-state index contributed by atoms with van der Waals surface area (Å²) < 4.78 is 0. The van der Waals surface area contributed by atoms with Crippen LogP contribution < -0.4 is 0 Å². The van der Waals surface area contributed by atoms with E-state index in [1.54, 1.807) is 0 Å². The molecule has 0 aliphatic carbocycles. The van der Waals surface area contributed by atoms with E-state index in [9.17, 15) is 0 Å². The van der Waals surface area contributed by atoms with E-state index in [0.29, 0.717) is 0 Å². The summed E-state index contributed by atoms with van der Waals surface area (Å²) in [5.41, 5.74) is 0. The summed E-state index contributed by atoms with van der Waals surface area (Å²) in [5.74, 6) is 2.52. The smallest absolute Gasteiger partial charge is 0 e. The maximum atomic E-state index is 2.17. The van der Waals surface area contributed by atoms with Gasteiger partial charge in [0.05, 0.1) is 0 Å². The zero-order valence-electron chi connectivity index (χ0n) is 4.45. The van der Waals surface area contributed by atoms with Gasteiger partial charge in [-0.3, -0.25) is 0 Å². The summed E-state index contributed by atoms with van der Waals surface area (Å²) >= 11 is 1.96. The second-order valence-corrected chi connectivity index (χ2v) is 2.34. The van der Waals surface area contributed by atoms with E-state index in [-0.39, 0.29) is 42.1 Å². The molecule has 0 saturated heterocycles. The van der Waals surface area contributed by atoms with E-state index in [2.05, 4.69) is 13.8 Å². The third-order valence-electron chi connectivity index (χ3n) is 0.408. The van der Waals surface area contributed by atoms with Crippen molar-refractivity contribution in [2.24, 2.45) is 0 Å². The zero-order valence-corrected chi connectivity index (χ0v) is 9.82. The van der Waals surface area contributed by atoms with Crippen LogP contribution in [0.4, 0.5) is 0 Å². The minimum atomic E-state index is 0. The molecule has 0 atom stereocenters. The standard InChI is InChI=1S/C4H10S.2Pt/c1-3-5-4-2;;/h3-4H2,1-2H3;;. The molecule has 0 unspecified atom stereocenters. The van der Waals surface area contributed by atoms with Crippen molar-refractivity contribution < 1.29 is 42.1 Å². The monoisotopic (exact) mass is 480 g/mol. The molecular weight excluding hydrogens is 470 g/mol. The van der Waals surface area contributed by atoms with Crippen LogP contribution in [0, 0.1) is 0 Å². The van der Waals surface area contributed by atoms with Crippen molar-refractivity contribution in [3.05, 3.63) is 0 Å². The van der Waals surface area contributed by atoms with E-state index >= 15 is 0 Å². The Balaban J connectivity index is -0.0000000800. The van der Waals surface area contributed by atoms with Gasteiger partial charge in [0.1, 0.15) is 0 Å². The molecule has 0 spiro atoms. The van der Waals surface area contributed by atoms with E-state index in [1.807, 2.05) is 11.8 Å². The van der Waals surface area contributed by atoms with Gasteiger partial charge in [-0.25, -0.2) is 0 Å². The minimum Gasteiger partial charge on any atom is -0.163 e. The minimum absolute atomic E-state index is 0. The first kappa shape index (κ1) is 15.9. The Hall–Kier alpha value is 1.73. The molecule has 0 amide bonds. The van der Waals surface area contributed by atoms with Crippen molar-refractivity contribution in [1.29, 1.82) is 0 Å². The molecular formula is C4H10Pt2S. The van der Waals surface area contributed by atoms with Gasteiger partial charge < -0.3 is 0 Å². The van der Waals surface area contributed by atoms with Crippen molar-refractivity contribution in [1.82, 2.24) is 0 Å². The maximum Gasteiger partial charge on any atom is 0 e. The van der Waals surface area contributed by atoms with Crippen LogP contribution in [-0.2, 0) is 42.1 Å². The molecule has 0 aromatic heterocycles. The Morgan fingerprint density at radius 3 is 1.29 bits per heavy atom. The van der Waals surface area contributed by atoms with Crippen LogP contribution in [0.1, 0.15) is 13.8 Å². The summed E-state index contributed by atoms with van der Waals surface area (Å²) in [7, 11) is 0. The average Bonchev–Trinajstić information content (AvgIpc) is 1.41. The molecule has 0 N–H and O–H groups in total. The summed E-state index contributed by atoms with van der Waals surface area (Å²) in [6.07, 6.45) is 0. The van der Waals surface area contributed by atoms with Gasteiger partial charge in [0.15, 0.2) is 0 Å². The fraction of sp³-hybridized carbons (Fsp3) is 1.00. The Kier molecular flexibility index (Phi) is 35.5. The molecule has 7 heavy (non-hydrogen) atoms. The SMILES string of the molecule is CCSCC.[Pt].[Pt]. The van der Waals surface area contributed by atoms with Crippen LogP contribution in [0.15, 0.2) is 0 Å². The van der Waals surface area contributed by atoms with E-state index in [1.165, 1.54) is 11.5 Å². The fourth-order valence-electron chi connectivity index (χ4n) is 0.204. The second kappa shape index (κ2) is 15.6. The van der Waals surface area contributed by atoms with Gasteiger partial charge in [0, 0.05) is 42.1 Å². The molecule has 0 bridgehead atoms. The van der Waals surface area contributed by atoms with Crippen molar-refractivity contribution in [2.75, 3.05) is 11.5 Å². The molecule has 52 valence electrons. The summed E-state index contributed by atoms with van der Waals surface area (Å²) in [5, 5.41) is 0. The van der Waals surface area contributed by atoms with Crippen LogP contribution in [0.5, 0.6) is 0 Å². The first-order valence-corrected chi connectivity index (χ1v) is 3.15. The van der Waals surface area contributed by atoms with Gasteiger partial charge >= 0.3 is 0 Å². The molecule has 0 aromatic carbocycles. The first-order chi connectivity index (χ1) is 2.41. The summed E-state index contributed by atoms with van der Waals surface area (Å²) in [4.78, 5) is 0. The Morgan fingerprint density at radius 2 is 1.29 bits per heavy atom. The number of rotatable bonds is 2. The van der Waals surface area contributed by atoms with Gasteiger partial charge in [-0.05, 0) is 11.5 Å². The predicted octanol–water partition coefficient (Wildman–Crippen LogP) is 1.75. The normalized spacial score (nSPS) is 6.00. The molecule has 0 aliphatic heterocycles. The molecule has 0 radical (unpaired) electrons. The van der Waals surface area contributed by atoms with Gasteiger partial charge in [-0.1, -0.05) is 13.8 Å². The van der Waals surface area contributed by atoms with E-state index in [4.69, 9.17) is 0 Å².